The summed E-state index contributed by atoms with van der Waals surface area (Å²) in [6.45, 7) is 2.65. The van der Waals surface area contributed by atoms with Crippen LogP contribution in [-0.4, -0.2) is 32.2 Å². The molecule has 1 saturated heterocycles. The summed E-state index contributed by atoms with van der Waals surface area (Å²) in [7, 11) is 0. The number of fused-ring (bicyclic) bond motifs is 1. The molecule has 7 heteroatoms. The zero-order chi connectivity index (χ0) is 19.5. The average molecular weight is 422 g/mol. The van der Waals surface area contributed by atoms with Gasteiger partial charge in [-0.3, -0.25) is 4.79 Å². The van der Waals surface area contributed by atoms with E-state index in [1.54, 1.807) is 18.2 Å². The first-order valence-corrected chi connectivity index (χ1v) is 10.4. The van der Waals surface area contributed by atoms with Gasteiger partial charge in [-0.25, -0.2) is 0 Å². The molecule has 2 aromatic carbocycles. The van der Waals surface area contributed by atoms with E-state index in [0.717, 1.165) is 37.3 Å². The third kappa shape index (κ3) is 4.22. The lowest BCUT2D eigenvalue weighted by Gasteiger charge is -2.22. The third-order valence-electron chi connectivity index (χ3n) is 5.27. The maximum absolute atomic E-state index is 12.6. The molecule has 1 amide bonds. The highest BCUT2D eigenvalue weighted by atomic mass is 35.5. The SMILES string of the molecule is O=C(C[NH+]1CCC[C@H]1c1ccc2c(c1)OCCCO2)Nc1c(Cl)cccc1Cl. The van der Waals surface area contributed by atoms with E-state index in [1.807, 2.05) is 6.07 Å². The zero-order valence-corrected chi connectivity index (χ0v) is 17.0. The fourth-order valence-corrected chi connectivity index (χ4v) is 4.42. The molecule has 0 aliphatic carbocycles. The van der Waals surface area contributed by atoms with Crippen LogP contribution in [0.2, 0.25) is 10.0 Å². The first kappa shape index (κ1) is 19.4. The molecule has 148 valence electrons. The van der Waals surface area contributed by atoms with Gasteiger partial charge in [-0.15, -0.1) is 0 Å². The van der Waals surface area contributed by atoms with E-state index in [4.69, 9.17) is 32.7 Å². The van der Waals surface area contributed by atoms with Gasteiger partial charge in [0.25, 0.3) is 5.91 Å². The Bertz CT molecular complexity index is 854. The Kier molecular flexibility index (Phi) is 5.95. The van der Waals surface area contributed by atoms with Gasteiger partial charge in [0.2, 0.25) is 0 Å². The van der Waals surface area contributed by atoms with Crippen LogP contribution in [-0.2, 0) is 4.79 Å². The zero-order valence-electron chi connectivity index (χ0n) is 15.5. The predicted molar refractivity (Wildman–Crippen MR) is 110 cm³/mol. The molecule has 2 aromatic rings. The van der Waals surface area contributed by atoms with E-state index in [-0.39, 0.29) is 11.9 Å². The summed E-state index contributed by atoms with van der Waals surface area (Å²) in [4.78, 5) is 13.9. The second kappa shape index (κ2) is 8.60. The molecule has 1 fully saturated rings. The van der Waals surface area contributed by atoms with E-state index in [1.165, 1.54) is 10.5 Å². The van der Waals surface area contributed by atoms with Gasteiger partial charge in [-0.05, 0) is 30.3 Å². The number of rotatable bonds is 4. The lowest BCUT2D eigenvalue weighted by atomic mass is 10.0. The number of para-hydroxylation sites is 1. The number of likely N-dealkylation sites (tertiary alicyclic amines) is 1. The number of amides is 1. The van der Waals surface area contributed by atoms with E-state index < -0.39 is 0 Å². The summed E-state index contributed by atoms with van der Waals surface area (Å²) in [5, 5.41) is 3.75. The minimum atomic E-state index is -0.0914. The fourth-order valence-electron chi connectivity index (χ4n) is 3.93. The number of nitrogens with one attached hydrogen (secondary N) is 2. The van der Waals surface area contributed by atoms with Crippen molar-refractivity contribution in [3.8, 4) is 11.5 Å². The topological polar surface area (TPSA) is 52.0 Å². The molecule has 2 atom stereocenters. The number of ether oxygens (including phenoxy) is 2. The van der Waals surface area contributed by atoms with Crippen LogP contribution in [0, 0.1) is 0 Å². The number of quaternary nitrogens is 1. The van der Waals surface area contributed by atoms with Gasteiger partial charge in [0.15, 0.2) is 18.0 Å². The van der Waals surface area contributed by atoms with Crippen molar-refractivity contribution in [2.75, 3.05) is 31.6 Å². The summed E-state index contributed by atoms with van der Waals surface area (Å²) in [6.07, 6.45) is 3.00. The summed E-state index contributed by atoms with van der Waals surface area (Å²) >= 11 is 12.3. The molecule has 0 aromatic heterocycles. The minimum absolute atomic E-state index is 0.0914. The molecular weight excluding hydrogens is 399 g/mol. The molecule has 1 unspecified atom stereocenters. The lowest BCUT2D eigenvalue weighted by molar-refractivity contribution is -0.910. The number of carbonyl (C=O) groups is 1. The Morgan fingerprint density at radius 1 is 1.07 bits per heavy atom. The molecule has 0 saturated carbocycles. The Balaban J connectivity index is 1.46. The van der Waals surface area contributed by atoms with Crippen molar-refractivity contribution in [1.82, 2.24) is 0 Å². The van der Waals surface area contributed by atoms with Gasteiger partial charge in [-0.1, -0.05) is 29.3 Å². The number of halogens is 2. The second-order valence-corrected chi connectivity index (χ2v) is 8.00. The highest BCUT2D eigenvalue weighted by Gasteiger charge is 2.32. The van der Waals surface area contributed by atoms with Crippen molar-refractivity contribution in [3.05, 3.63) is 52.0 Å². The maximum atomic E-state index is 12.6. The second-order valence-electron chi connectivity index (χ2n) is 7.18. The van der Waals surface area contributed by atoms with Gasteiger partial charge < -0.3 is 19.7 Å². The molecule has 5 nitrogen and oxygen atoms in total. The van der Waals surface area contributed by atoms with E-state index in [9.17, 15) is 4.79 Å². The largest absolute Gasteiger partial charge is 0.490 e. The lowest BCUT2D eigenvalue weighted by Crippen LogP contribution is -3.11. The molecule has 2 heterocycles. The Morgan fingerprint density at radius 2 is 1.82 bits per heavy atom. The summed E-state index contributed by atoms with van der Waals surface area (Å²) in [5.74, 6) is 1.51. The number of hydrogen-bond donors (Lipinski definition) is 2. The molecule has 0 radical (unpaired) electrons. The predicted octanol–water partition coefficient (Wildman–Crippen LogP) is 3.51. The van der Waals surface area contributed by atoms with Crippen LogP contribution in [0.5, 0.6) is 11.5 Å². The number of hydrogen-bond acceptors (Lipinski definition) is 3. The normalized spacial score (nSPS) is 21.2. The van der Waals surface area contributed by atoms with E-state index in [0.29, 0.717) is 35.5 Å². The van der Waals surface area contributed by atoms with E-state index in [2.05, 4.69) is 17.4 Å². The van der Waals surface area contributed by atoms with Crippen LogP contribution < -0.4 is 19.7 Å². The molecule has 2 aliphatic heterocycles. The number of carbonyl (C=O) groups excluding carboxylic acids is 1. The highest BCUT2D eigenvalue weighted by molar-refractivity contribution is 6.39. The smallest absolute Gasteiger partial charge is 0.279 e. The molecule has 4 rings (SSSR count). The Labute approximate surface area is 174 Å². The standard InChI is InChI=1S/C21H22Cl2N2O3/c22-15-4-1-5-16(23)21(15)24-20(26)13-25-9-2-6-17(25)14-7-8-18-19(12-14)28-11-3-10-27-18/h1,4-5,7-8,12,17H,2-3,6,9-11,13H2,(H,24,26)/p+1/t17-/m0/s1. The molecular formula is C21H23Cl2N2O3+. The van der Waals surface area contributed by atoms with Gasteiger partial charge in [0.05, 0.1) is 35.5 Å². The van der Waals surface area contributed by atoms with Gasteiger partial charge >= 0.3 is 0 Å². The number of anilines is 1. The molecule has 0 bridgehead atoms. The van der Waals surface area contributed by atoms with Gasteiger partial charge in [-0.2, -0.15) is 0 Å². The summed E-state index contributed by atoms with van der Waals surface area (Å²) < 4.78 is 11.6. The Morgan fingerprint density at radius 3 is 2.61 bits per heavy atom. The van der Waals surface area contributed by atoms with Crippen molar-refractivity contribution in [1.29, 1.82) is 0 Å². The molecule has 28 heavy (non-hydrogen) atoms. The minimum Gasteiger partial charge on any atom is -0.490 e. The van der Waals surface area contributed by atoms with Gasteiger partial charge in [0, 0.05) is 24.8 Å². The number of benzene rings is 2. The monoisotopic (exact) mass is 421 g/mol. The van der Waals surface area contributed by atoms with Crippen LogP contribution in [0.1, 0.15) is 30.9 Å². The van der Waals surface area contributed by atoms with Crippen molar-refractivity contribution in [2.45, 2.75) is 25.3 Å². The summed E-state index contributed by atoms with van der Waals surface area (Å²) in [5.41, 5.74) is 1.65. The first-order chi connectivity index (χ1) is 13.6. The average Bonchev–Trinajstić information content (AvgIpc) is 3.00. The first-order valence-electron chi connectivity index (χ1n) is 9.60. The third-order valence-corrected chi connectivity index (χ3v) is 5.90. The van der Waals surface area contributed by atoms with Crippen molar-refractivity contribution >= 4 is 34.8 Å². The van der Waals surface area contributed by atoms with Crippen molar-refractivity contribution in [3.63, 3.8) is 0 Å². The molecule has 2 N–H and O–H groups in total. The van der Waals surface area contributed by atoms with Crippen molar-refractivity contribution in [2.24, 2.45) is 0 Å². The quantitative estimate of drug-likeness (QED) is 0.793. The van der Waals surface area contributed by atoms with Crippen LogP contribution >= 0.6 is 23.2 Å². The fraction of sp³-hybridized carbons (Fsp3) is 0.381. The van der Waals surface area contributed by atoms with E-state index >= 15 is 0 Å². The molecule has 0 spiro atoms. The van der Waals surface area contributed by atoms with Crippen LogP contribution in [0.3, 0.4) is 0 Å². The van der Waals surface area contributed by atoms with Gasteiger partial charge in [0.1, 0.15) is 6.04 Å². The Hall–Kier alpha value is -1.95. The van der Waals surface area contributed by atoms with Crippen LogP contribution in [0.25, 0.3) is 0 Å². The summed E-state index contributed by atoms with van der Waals surface area (Å²) in [6, 6.07) is 11.6. The maximum Gasteiger partial charge on any atom is 0.279 e. The highest BCUT2D eigenvalue weighted by Crippen LogP contribution is 2.33. The molecule has 2 aliphatic rings. The van der Waals surface area contributed by atoms with Crippen molar-refractivity contribution < 1.29 is 19.2 Å². The van der Waals surface area contributed by atoms with Crippen LogP contribution in [0.4, 0.5) is 5.69 Å². The van der Waals surface area contributed by atoms with Crippen LogP contribution in [0.15, 0.2) is 36.4 Å².